The second-order valence-electron chi connectivity index (χ2n) is 15.3. The first-order chi connectivity index (χ1) is 28.8. The van der Waals surface area contributed by atoms with Gasteiger partial charge in [0, 0.05) is 60.2 Å². The molecule has 0 saturated heterocycles. The van der Waals surface area contributed by atoms with Crippen molar-refractivity contribution in [3.8, 4) is 22.7 Å². The molecule has 58 heavy (non-hydrogen) atoms. The molecule has 0 atom stereocenters. The summed E-state index contributed by atoms with van der Waals surface area (Å²) < 4.78 is 9.77. The number of hydrogen-bond donors (Lipinski definition) is 0. The molecule has 0 bridgehead atoms. The van der Waals surface area contributed by atoms with Crippen molar-refractivity contribution < 1.29 is 0 Å². The SMILES string of the molecule is c1cc(-n2c3ccccc3c3cc(-n4c5ccccc5c5ccccc54)ccc32)cc(-n2c3ccccc3c3cccc(-n4c5ccccc5c5ccccc54)c32)c1. The molecule has 0 aliphatic heterocycles. The van der Waals surface area contributed by atoms with Gasteiger partial charge in [-0.05, 0) is 78.9 Å². The van der Waals surface area contributed by atoms with Gasteiger partial charge in [-0.25, -0.2) is 0 Å². The Hall–Kier alpha value is -7.82. The molecular formula is C54H34N4. The van der Waals surface area contributed by atoms with Gasteiger partial charge in [0.1, 0.15) is 0 Å². The first-order valence-corrected chi connectivity index (χ1v) is 20.0. The van der Waals surface area contributed by atoms with Crippen molar-refractivity contribution in [2.24, 2.45) is 0 Å². The number of para-hydroxylation sites is 7. The van der Waals surface area contributed by atoms with E-state index in [1.54, 1.807) is 0 Å². The number of benzene rings is 9. The summed E-state index contributed by atoms with van der Waals surface area (Å²) in [6, 6.07) is 75.5. The number of hydrogen-bond acceptors (Lipinski definition) is 0. The molecule has 13 rings (SSSR count). The molecule has 270 valence electrons. The average molecular weight is 739 g/mol. The fourth-order valence-corrected chi connectivity index (χ4v) is 9.98. The van der Waals surface area contributed by atoms with E-state index in [0.717, 1.165) is 22.7 Å². The van der Waals surface area contributed by atoms with Crippen molar-refractivity contribution in [2.75, 3.05) is 0 Å². The highest BCUT2D eigenvalue weighted by Gasteiger charge is 2.21. The second-order valence-corrected chi connectivity index (χ2v) is 15.3. The lowest BCUT2D eigenvalue weighted by atomic mass is 10.1. The molecular weight excluding hydrogens is 705 g/mol. The van der Waals surface area contributed by atoms with Crippen LogP contribution < -0.4 is 0 Å². The standard InChI is InChI=1S/C54H34N4/c1-7-24-46-38(17-1)39-18-2-8-25-47(39)56(46)37-31-32-52-45(34-37)43-22-6-9-26-48(43)55(52)35-15-13-16-36(33-35)57-49-27-10-5-21-42(49)44-23-14-30-53(54(44)57)58-50-28-11-3-19-40(50)41-20-4-12-29-51(41)58/h1-34H. The topological polar surface area (TPSA) is 19.7 Å². The molecule has 4 aromatic heterocycles. The number of aromatic nitrogens is 4. The van der Waals surface area contributed by atoms with E-state index in [2.05, 4.69) is 225 Å². The first kappa shape index (κ1) is 31.4. The Morgan fingerprint density at radius 1 is 0.207 bits per heavy atom. The largest absolute Gasteiger partial charge is 0.309 e. The van der Waals surface area contributed by atoms with Crippen molar-refractivity contribution in [3.05, 3.63) is 206 Å². The summed E-state index contributed by atoms with van der Waals surface area (Å²) in [5.74, 6) is 0. The summed E-state index contributed by atoms with van der Waals surface area (Å²) in [5, 5.41) is 9.98. The van der Waals surface area contributed by atoms with E-state index < -0.39 is 0 Å². The van der Waals surface area contributed by atoms with Crippen LogP contribution in [0.4, 0.5) is 0 Å². The van der Waals surface area contributed by atoms with Crippen LogP contribution in [0.15, 0.2) is 206 Å². The lowest BCUT2D eigenvalue weighted by Gasteiger charge is -2.16. The van der Waals surface area contributed by atoms with Gasteiger partial charge in [-0.1, -0.05) is 127 Å². The maximum absolute atomic E-state index is 2.47. The van der Waals surface area contributed by atoms with Gasteiger partial charge in [-0.3, -0.25) is 0 Å². The molecule has 4 heterocycles. The minimum absolute atomic E-state index is 1.12. The van der Waals surface area contributed by atoms with Crippen LogP contribution >= 0.6 is 0 Å². The van der Waals surface area contributed by atoms with E-state index in [9.17, 15) is 0 Å². The van der Waals surface area contributed by atoms with Gasteiger partial charge >= 0.3 is 0 Å². The quantitative estimate of drug-likeness (QED) is 0.171. The van der Waals surface area contributed by atoms with E-state index >= 15 is 0 Å². The molecule has 0 saturated carbocycles. The Morgan fingerprint density at radius 2 is 0.552 bits per heavy atom. The minimum atomic E-state index is 1.12. The third kappa shape index (κ3) is 4.23. The highest BCUT2D eigenvalue weighted by Crippen LogP contribution is 2.41. The van der Waals surface area contributed by atoms with Gasteiger partial charge in [0.2, 0.25) is 0 Å². The lowest BCUT2D eigenvalue weighted by Crippen LogP contribution is -2.02. The maximum atomic E-state index is 2.47. The fraction of sp³-hybridized carbons (Fsp3) is 0. The summed E-state index contributed by atoms with van der Waals surface area (Å²) in [5.41, 5.74) is 14.1. The molecule has 9 aromatic carbocycles. The van der Waals surface area contributed by atoms with Crippen molar-refractivity contribution in [3.63, 3.8) is 0 Å². The number of fused-ring (bicyclic) bond motifs is 12. The Labute approximate surface area is 333 Å². The van der Waals surface area contributed by atoms with Gasteiger partial charge in [0.15, 0.2) is 0 Å². The molecule has 4 heteroatoms. The normalized spacial score (nSPS) is 12.1. The van der Waals surface area contributed by atoms with Crippen LogP contribution in [-0.2, 0) is 0 Å². The van der Waals surface area contributed by atoms with Crippen LogP contribution in [0.2, 0.25) is 0 Å². The van der Waals surface area contributed by atoms with Crippen LogP contribution in [0.5, 0.6) is 0 Å². The van der Waals surface area contributed by atoms with E-state index in [1.165, 1.54) is 87.2 Å². The van der Waals surface area contributed by atoms with Crippen molar-refractivity contribution in [1.29, 1.82) is 0 Å². The Kier molecular flexibility index (Phi) is 6.41. The predicted molar refractivity (Wildman–Crippen MR) is 244 cm³/mol. The van der Waals surface area contributed by atoms with Crippen LogP contribution in [0.25, 0.3) is 110 Å². The zero-order chi connectivity index (χ0) is 37.9. The van der Waals surface area contributed by atoms with Crippen molar-refractivity contribution >= 4 is 87.2 Å². The van der Waals surface area contributed by atoms with Gasteiger partial charge in [0.25, 0.3) is 0 Å². The molecule has 4 nitrogen and oxygen atoms in total. The summed E-state index contributed by atoms with van der Waals surface area (Å²) in [6.45, 7) is 0. The highest BCUT2D eigenvalue weighted by molar-refractivity contribution is 6.16. The summed E-state index contributed by atoms with van der Waals surface area (Å²) in [4.78, 5) is 0. The molecule has 0 amide bonds. The number of nitrogens with zero attached hydrogens (tertiary/aromatic N) is 4. The summed E-state index contributed by atoms with van der Waals surface area (Å²) in [6.07, 6.45) is 0. The number of rotatable bonds is 4. The summed E-state index contributed by atoms with van der Waals surface area (Å²) >= 11 is 0. The molecule has 13 aromatic rings. The molecule has 0 aliphatic carbocycles. The molecule has 0 aliphatic rings. The molecule has 0 spiro atoms. The Bertz CT molecular complexity index is 3700. The highest BCUT2D eigenvalue weighted by atomic mass is 15.1. The zero-order valence-electron chi connectivity index (χ0n) is 31.4. The lowest BCUT2D eigenvalue weighted by molar-refractivity contribution is 1.11. The molecule has 0 unspecified atom stereocenters. The Balaban J connectivity index is 1.06. The van der Waals surface area contributed by atoms with Crippen LogP contribution in [0.3, 0.4) is 0 Å². The van der Waals surface area contributed by atoms with Crippen molar-refractivity contribution in [2.45, 2.75) is 0 Å². The molecule has 0 fully saturated rings. The zero-order valence-corrected chi connectivity index (χ0v) is 31.4. The fourth-order valence-electron chi connectivity index (χ4n) is 9.98. The monoisotopic (exact) mass is 738 g/mol. The smallest absolute Gasteiger partial charge is 0.0782 e. The minimum Gasteiger partial charge on any atom is -0.309 e. The van der Waals surface area contributed by atoms with E-state index in [-0.39, 0.29) is 0 Å². The van der Waals surface area contributed by atoms with E-state index in [0.29, 0.717) is 0 Å². The van der Waals surface area contributed by atoms with Gasteiger partial charge < -0.3 is 18.3 Å². The van der Waals surface area contributed by atoms with Gasteiger partial charge in [-0.2, -0.15) is 0 Å². The first-order valence-electron chi connectivity index (χ1n) is 20.0. The average Bonchev–Trinajstić information content (AvgIpc) is 4.01. The third-order valence-corrected chi connectivity index (χ3v) is 12.3. The van der Waals surface area contributed by atoms with Crippen LogP contribution in [0, 0.1) is 0 Å². The molecule has 0 radical (unpaired) electrons. The third-order valence-electron chi connectivity index (χ3n) is 12.3. The van der Waals surface area contributed by atoms with E-state index in [1.807, 2.05) is 0 Å². The Morgan fingerprint density at radius 3 is 1.07 bits per heavy atom. The summed E-state index contributed by atoms with van der Waals surface area (Å²) in [7, 11) is 0. The maximum Gasteiger partial charge on any atom is 0.0782 e. The van der Waals surface area contributed by atoms with Crippen LogP contribution in [-0.4, -0.2) is 18.3 Å². The predicted octanol–water partition coefficient (Wildman–Crippen LogP) is 14.1. The van der Waals surface area contributed by atoms with E-state index in [4.69, 9.17) is 0 Å². The van der Waals surface area contributed by atoms with Gasteiger partial charge in [0.05, 0.1) is 49.8 Å². The second kappa shape index (κ2) is 11.8. The molecule has 0 N–H and O–H groups in total. The van der Waals surface area contributed by atoms with Crippen LogP contribution in [0.1, 0.15) is 0 Å². The van der Waals surface area contributed by atoms with Gasteiger partial charge in [-0.15, -0.1) is 0 Å². The van der Waals surface area contributed by atoms with Crippen molar-refractivity contribution in [1.82, 2.24) is 18.3 Å².